The molecule has 0 saturated carbocycles. The molecule has 26 heavy (non-hydrogen) atoms. The molecule has 0 spiro atoms. The van der Waals surface area contributed by atoms with Crippen LogP contribution in [0.3, 0.4) is 0 Å². The Bertz CT molecular complexity index is 860. The highest BCUT2D eigenvalue weighted by molar-refractivity contribution is 8.13. The Hall–Kier alpha value is -1.82. The van der Waals surface area contributed by atoms with Gasteiger partial charge in [0.2, 0.25) is 0 Å². The van der Waals surface area contributed by atoms with Crippen molar-refractivity contribution in [3.8, 4) is 0 Å². The second kappa shape index (κ2) is 10.4. The maximum atomic E-state index is 13.4. The van der Waals surface area contributed by atoms with Crippen molar-refractivity contribution in [3.05, 3.63) is 95.3 Å². The summed E-state index contributed by atoms with van der Waals surface area (Å²) >= 11 is 7.51. The van der Waals surface area contributed by atoms with E-state index in [0.29, 0.717) is 0 Å². The van der Waals surface area contributed by atoms with Crippen LogP contribution in [0, 0.1) is 5.82 Å². The molecule has 3 aromatic carbocycles. The van der Waals surface area contributed by atoms with Crippen molar-refractivity contribution < 1.29 is 26.4 Å². The molecule has 0 aliphatic rings. The molecule has 6 heteroatoms. The van der Waals surface area contributed by atoms with Gasteiger partial charge in [0, 0.05) is 11.8 Å². The SMILES string of the molecule is Fc1ccc(NC(=[NH+]c2ccccc2)SCc2ccccc2)cc1Cl.[Br-]. The van der Waals surface area contributed by atoms with Crippen LogP contribution >= 0.6 is 23.4 Å². The highest BCUT2D eigenvalue weighted by Gasteiger charge is 2.12. The number of nitrogens with one attached hydrogen (secondary N) is 2. The zero-order valence-corrected chi connectivity index (χ0v) is 16.9. The minimum atomic E-state index is -0.429. The van der Waals surface area contributed by atoms with Crippen LogP contribution in [0.15, 0.2) is 78.9 Å². The molecule has 0 aliphatic carbocycles. The summed E-state index contributed by atoms with van der Waals surface area (Å²) in [7, 11) is 0. The second-order valence-corrected chi connectivity index (χ2v) is 6.74. The maximum absolute atomic E-state index is 13.4. The number of rotatable bonds is 4. The van der Waals surface area contributed by atoms with Crippen molar-refractivity contribution in [1.82, 2.24) is 0 Å². The third-order valence-electron chi connectivity index (χ3n) is 3.44. The molecule has 0 aliphatic heterocycles. The van der Waals surface area contributed by atoms with Crippen molar-refractivity contribution in [1.29, 1.82) is 0 Å². The zero-order chi connectivity index (χ0) is 17.5. The van der Waals surface area contributed by atoms with Gasteiger partial charge in [0.15, 0.2) is 0 Å². The first-order valence-electron chi connectivity index (χ1n) is 7.78. The standard InChI is InChI=1S/C20H16ClFN2S.BrH/c21-18-13-17(11-12-19(18)22)24-20(23-16-9-5-2-6-10-16)25-14-15-7-3-1-4-8-15;/h1-13H,14H2,(H,23,24);1H. The first kappa shape index (κ1) is 20.5. The topological polar surface area (TPSA) is 26.0 Å². The van der Waals surface area contributed by atoms with Crippen LogP contribution in [0.1, 0.15) is 5.56 Å². The van der Waals surface area contributed by atoms with Crippen LogP contribution in [0.25, 0.3) is 0 Å². The summed E-state index contributed by atoms with van der Waals surface area (Å²) in [6, 6.07) is 24.7. The van der Waals surface area contributed by atoms with Crippen molar-refractivity contribution in [3.63, 3.8) is 0 Å². The van der Waals surface area contributed by atoms with Crippen molar-refractivity contribution in [2.24, 2.45) is 0 Å². The molecule has 0 aromatic heterocycles. The van der Waals surface area contributed by atoms with Crippen molar-refractivity contribution >= 4 is 39.9 Å². The Balaban J connectivity index is 0.00000243. The first-order chi connectivity index (χ1) is 12.2. The molecule has 0 atom stereocenters. The fourth-order valence-electron chi connectivity index (χ4n) is 2.19. The Morgan fingerprint density at radius 3 is 2.27 bits per heavy atom. The number of anilines is 1. The Morgan fingerprint density at radius 1 is 0.962 bits per heavy atom. The first-order valence-corrected chi connectivity index (χ1v) is 9.15. The quantitative estimate of drug-likeness (QED) is 0.465. The monoisotopic (exact) mass is 450 g/mol. The van der Waals surface area contributed by atoms with E-state index in [4.69, 9.17) is 11.6 Å². The van der Waals surface area contributed by atoms with Gasteiger partial charge >= 0.3 is 5.17 Å². The van der Waals surface area contributed by atoms with E-state index in [0.717, 1.165) is 22.3 Å². The van der Waals surface area contributed by atoms with E-state index in [1.807, 2.05) is 48.5 Å². The predicted molar refractivity (Wildman–Crippen MR) is 105 cm³/mol. The smallest absolute Gasteiger partial charge is 0.314 e. The molecule has 0 saturated heterocycles. The van der Waals surface area contributed by atoms with Gasteiger partial charge in [-0.15, -0.1) is 0 Å². The lowest BCUT2D eigenvalue weighted by atomic mass is 10.2. The molecule has 0 bridgehead atoms. The van der Waals surface area contributed by atoms with Crippen LogP contribution in [-0.2, 0) is 5.75 Å². The average molecular weight is 452 g/mol. The molecule has 0 heterocycles. The van der Waals surface area contributed by atoms with Crippen LogP contribution in [0.2, 0.25) is 5.02 Å². The molecule has 2 N–H and O–H groups in total. The largest absolute Gasteiger partial charge is 1.00 e. The van der Waals surface area contributed by atoms with Crippen LogP contribution < -0.4 is 27.3 Å². The predicted octanol–water partition coefficient (Wildman–Crippen LogP) is 1.60. The van der Waals surface area contributed by atoms with Crippen LogP contribution in [-0.4, -0.2) is 5.17 Å². The summed E-state index contributed by atoms with van der Waals surface area (Å²) < 4.78 is 13.4. The maximum Gasteiger partial charge on any atom is 0.314 e. The molecule has 0 amide bonds. The third kappa shape index (κ3) is 6.16. The van der Waals surface area contributed by atoms with E-state index in [-0.39, 0.29) is 22.0 Å². The summed E-state index contributed by atoms with van der Waals surface area (Å²) in [5.41, 5.74) is 2.92. The Labute approximate surface area is 172 Å². The van der Waals surface area contributed by atoms with Gasteiger partial charge in [-0.05, 0) is 41.6 Å². The van der Waals surface area contributed by atoms with Gasteiger partial charge in [0.25, 0.3) is 0 Å². The molecule has 3 aromatic rings. The summed E-state index contributed by atoms with van der Waals surface area (Å²) in [6.45, 7) is 0. The summed E-state index contributed by atoms with van der Waals surface area (Å²) in [4.78, 5) is 3.36. The summed E-state index contributed by atoms with van der Waals surface area (Å²) in [5.74, 6) is 0.375. The summed E-state index contributed by atoms with van der Waals surface area (Å²) in [5, 5.41) is 4.22. The lowest BCUT2D eigenvalue weighted by Gasteiger charge is -2.05. The normalized spacial score (nSPS) is 10.9. The molecular weight excluding hydrogens is 435 g/mol. The van der Waals surface area contributed by atoms with Crippen LogP contribution in [0.4, 0.5) is 15.8 Å². The van der Waals surface area contributed by atoms with Crippen LogP contribution in [0.5, 0.6) is 0 Å². The van der Waals surface area contributed by atoms with Gasteiger partial charge in [-0.1, -0.05) is 60.1 Å². The number of benzene rings is 3. The second-order valence-electron chi connectivity index (χ2n) is 5.35. The molecular formula is C20H17BrClFN2S. The van der Waals surface area contributed by atoms with E-state index >= 15 is 0 Å². The van der Waals surface area contributed by atoms with Gasteiger partial charge in [0.1, 0.15) is 17.2 Å². The minimum Gasteiger partial charge on any atom is -1.00 e. The lowest BCUT2D eigenvalue weighted by Crippen LogP contribution is -3.00. The van der Waals surface area contributed by atoms with Crippen molar-refractivity contribution in [2.75, 3.05) is 5.32 Å². The van der Waals surface area contributed by atoms with E-state index in [2.05, 4.69) is 22.4 Å². The molecule has 3 rings (SSSR count). The van der Waals surface area contributed by atoms with E-state index < -0.39 is 5.82 Å². The zero-order valence-electron chi connectivity index (χ0n) is 13.8. The van der Waals surface area contributed by atoms with E-state index in [9.17, 15) is 4.39 Å². The lowest BCUT2D eigenvalue weighted by molar-refractivity contribution is -0.349. The van der Waals surface area contributed by atoms with Gasteiger partial charge in [-0.25, -0.2) is 14.7 Å². The fraction of sp³-hybridized carbons (Fsp3) is 0.0500. The number of thioether (sulfide) groups is 1. The number of hydrogen-bond acceptors (Lipinski definition) is 1. The number of para-hydroxylation sites is 1. The summed E-state index contributed by atoms with van der Waals surface area (Å²) in [6.07, 6.45) is 0. The third-order valence-corrected chi connectivity index (χ3v) is 4.70. The Kier molecular flexibility index (Phi) is 8.16. The highest BCUT2D eigenvalue weighted by Crippen LogP contribution is 2.21. The number of amidine groups is 1. The van der Waals surface area contributed by atoms with E-state index in [1.54, 1.807) is 23.9 Å². The molecule has 134 valence electrons. The van der Waals surface area contributed by atoms with Gasteiger partial charge in [-0.2, -0.15) is 0 Å². The number of hydrogen-bond donors (Lipinski definition) is 2. The van der Waals surface area contributed by atoms with E-state index in [1.165, 1.54) is 11.6 Å². The van der Waals surface area contributed by atoms with Crippen molar-refractivity contribution in [2.45, 2.75) is 5.75 Å². The molecule has 0 radical (unpaired) electrons. The van der Waals surface area contributed by atoms with Gasteiger partial charge < -0.3 is 17.0 Å². The van der Waals surface area contributed by atoms with Gasteiger partial charge in [0.05, 0.1) is 5.02 Å². The molecule has 0 unspecified atom stereocenters. The fourth-order valence-corrected chi connectivity index (χ4v) is 3.25. The molecule has 2 nitrogen and oxygen atoms in total. The van der Waals surface area contributed by atoms with Gasteiger partial charge in [-0.3, -0.25) is 0 Å². The number of halogens is 3. The average Bonchev–Trinajstić information content (AvgIpc) is 2.64. The minimum absolute atomic E-state index is 0. The molecule has 0 fully saturated rings. The highest BCUT2D eigenvalue weighted by atomic mass is 79.9. The Morgan fingerprint density at radius 2 is 1.62 bits per heavy atom.